The normalized spacial score (nSPS) is 10.8. The van der Waals surface area contributed by atoms with Gasteiger partial charge in [0.25, 0.3) is 0 Å². The van der Waals surface area contributed by atoms with Crippen LogP contribution in [-0.2, 0) is 0 Å². The first kappa shape index (κ1) is 35.9. The summed E-state index contributed by atoms with van der Waals surface area (Å²) >= 11 is 0. The largest absolute Gasteiger partial charge is 0.311 e. The van der Waals surface area contributed by atoms with Gasteiger partial charge in [-0.3, -0.25) is 0 Å². The molecule has 4 nitrogen and oxygen atoms in total. The fraction of sp³-hybridized carbons (Fsp3) is 0. The van der Waals surface area contributed by atoms with E-state index in [9.17, 15) is 0 Å². The van der Waals surface area contributed by atoms with E-state index in [1.54, 1.807) is 0 Å². The Kier molecular flexibility index (Phi) is 10.5. The second-order valence-corrected chi connectivity index (χ2v) is 13.9. The Hall–Kier alpha value is -7.82. The van der Waals surface area contributed by atoms with Gasteiger partial charge in [0, 0.05) is 68.2 Å². The van der Waals surface area contributed by atoms with Crippen molar-refractivity contribution in [3.05, 3.63) is 255 Å². The first-order valence-electron chi connectivity index (χ1n) is 19.6. The lowest BCUT2D eigenvalue weighted by Gasteiger charge is -2.30. The number of hydrogen-bond donors (Lipinski definition) is 0. The maximum absolute atomic E-state index is 2.33. The highest BCUT2D eigenvalue weighted by molar-refractivity contribution is 5.85. The molecule has 9 rings (SSSR count). The quantitative estimate of drug-likeness (QED) is 0.123. The summed E-state index contributed by atoms with van der Waals surface area (Å²) in [5.41, 5.74) is 13.0. The molecule has 0 aliphatic heterocycles. The van der Waals surface area contributed by atoms with Gasteiger partial charge in [0.05, 0.1) is 0 Å². The minimum absolute atomic E-state index is 1.05. The average molecular weight is 747 g/mol. The maximum atomic E-state index is 2.33. The van der Waals surface area contributed by atoms with Crippen LogP contribution in [-0.4, -0.2) is 0 Å². The van der Waals surface area contributed by atoms with Gasteiger partial charge in [0.15, 0.2) is 0 Å². The summed E-state index contributed by atoms with van der Waals surface area (Å²) in [5, 5.41) is 0. The molecule has 0 radical (unpaired) electrons. The summed E-state index contributed by atoms with van der Waals surface area (Å²) in [5.74, 6) is 0. The van der Waals surface area contributed by atoms with Crippen LogP contribution < -0.4 is 19.6 Å². The molecule has 0 aromatic heterocycles. The topological polar surface area (TPSA) is 13.0 Å². The predicted molar refractivity (Wildman–Crippen MR) is 245 cm³/mol. The van der Waals surface area contributed by atoms with E-state index in [1.165, 1.54) is 0 Å². The molecule has 4 heteroatoms. The molecule has 0 saturated carbocycles. The molecule has 0 heterocycles. The van der Waals surface area contributed by atoms with Crippen molar-refractivity contribution in [2.75, 3.05) is 19.6 Å². The van der Waals surface area contributed by atoms with Gasteiger partial charge in [-0.25, -0.2) is 0 Å². The zero-order valence-electron chi connectivity index (χ0n) is 32.0. The average Bonchev–Trinajstić information content (AvgIpc) is 3.30. The number of benzene rings is 9. The van der Waals surface area contributed by atoms with Crippen LogP contribution in [0.1, 0.15) is 0 Å². The zero-order valence-corrected chi connectivity index (χ0v) is 32.0. The van der Waals surface area contributed by atoms with Gasteiger partial charge in [-0.1, -0.05) is 115 Å². The zero-order chi connectivity index (χ0) is 38.9. The standard InChI is InChI=1S/C54H42N4/c1-7-20-43(21-8-1)55(44-22-9-2-10-23-44)49-34-38-51(39-35-49)57(47-28-15-5-16-29-47)53-32-19-33-54(42-53)58(48-30-17-6-18-31-48)52-40-36-50(37-41-52)56(45-24-11-3-12-25-45)46-26-13-4-14-27-46/h1-42H. The second-order valence-electron chi connectivity index (χ2n) is 13.9. The lowest BCUT2D eigenvalue weighted by molar-refractivity contribution is 1.23. The van der Waals surface area contributed by atoms with Crippen molar-refractivity contribution in [2.24, 2.45) is 0 Å². The lowest BCUT2D eigenvalue weighted by Crippen LogP contribution is -2.14. The Morgan fingerprint density at radius 3 is 0.500 bits per heavy atom. The Labute approximate surface area is 341 Å². The molecule has 0 bridgehead atoms. The molecule has 0 fully saturated rings. The Morgan fingerprint density at radius 1 is 0.138 bits per heavy atom. The highest BCUT2D eigenvalue weighted by atomic mass is 15.2. The molecule has 0 saturated heterocycles. The molecule has 0 atom stereocenters. The van der Waals surface area contributed by atoms with Crippen molar-refractivity contribution in [3.63, 3.8) is 0 Å². The second kappa shape index (κ2) is 16.9. The molecule has 0 amide bonds. The third kappa shape index (κ3) is 7.68. The van der Waals surface area contributed by atoms with Crippen LogP contribution in [0.5, 0.6) is 0 Å². The summed E-state index contributed by atoms with van der Waals surface area (Å²) in [4.78, 5) is 9.23. The van der Waals surface area contributed by atoms with Crippen molar-refractivity contribution < 1.29 is 0 Å². The minimum Gasteiger partial charge on any atom is -0.311 e. The van der Waals surface area contributed by atoms with E-state index in [4.69, 9.17) is 0 Å². The minimum atomic E-state index is 1.05. The summed E-state index contributed by atoms with van der Waals surface area (Å²) in [6, 6.07) is 89.8. The highest BCUT2D eigenvalue weighted by Crippen LogP contribution is 2.43. The van der Waals surface area contributed by atoms with E-state index in [0.717, 1.165) is 68.2 Å². The van der Waals surface area contributed by atoms with Crippen LogP contribution in [0.15, 0.2) is 255 Å². The van der Waals surface area contributed by atoms with E-state index in [-0.39, 0.29) is 0 Å². The number of rotatable bonds is 12. The van der Waals surface area contributed by atoms with Crippen molar-refractivity contribution >= 4 is 68.2 Å². The van der Waals surface area contributed by atoms with Crippen molar-refractivity contribution in [3.8, 4) is 0 Å². The molecule has 0 spiro atoms. The van der Waals surface area contributed by atoms with Crippen molar-refractivity contribution in [1.29, 1.82) is 0 Å². The molecule has 0 aliphatic carbocycles. The number of para-hydroxylation sites is 6. The molecule has 0 aliphatic rings. The SMILES string of the molecule is c1ccc(N(c2ccccc2)c2ccc(N(c3ccccc3)c3cccc(N(c4ccccc4)c4ccc(N(c5ccccc5)c5ccccc5)cc4)c3)cc2)cc1. The first-order valence-corrected chi connectivity index (χ1v) is 19.6. The fourth-order valence-corrected chi connectivity index (χ4v) is 7.52. The van der Waals surface area contributed by atoms with E-state index in [2.05, 4.69) is 274 Å². The molecule has 0 N–H and O–H groups in total. The Bertz CT molecular complexity index is 2370. The van der Waals surface area contributed by atoms with Gasteiger partial charge in [-0.15, -0.1) is 0 Å². The Balaban J connectivity index is 1.10. The summed E-state index contributed by atoms with van der Waals surface area (Å²) in [7, 11) is 0. The number of anilines is 12. The lowest BCUT2D eigenvalue weighted by atomic mass is 10.1. The highest BCUT2D eigenvalue weighted by Gasteiger charge is 2.19. The molecule has 9 aromatic carbocycles. The van der Waals surface area contributed by atoms with Gasteiger partial charge >= 0.3 is 0 Å². The van der Waals surface area contributed by atoms with Crippen LogP contribution in [0.2, 0.25) is 0 Å². The van der Waals surface area contributed by atoms with Gasteiger partial charge in [0.1, 0.15) is 0 Å². The maximum Gasteiger partial charge on any atom is 0.0482 e. The van der Waals surface area contributed by atoms with Gasteiger partial charge < -0.3 is 19.6 Å². The van der Waals surface area contributed by atoms with E-state index >= 15 is 0 Å². The van der Waals surface area contributed by atoms with Gasteiger partial charge in [-0.2, -0.15) is 0 Å². The summed E-state index contributed by atoms with van der Waals surface area (Å²) in [6.07, 6.45) is 0. The van der Waals surface area contributed by atoms with E-state index in [1.807, 2.05) is 0 Å². The van der Waals surface area contributed by atoms with Crippen LogP contribution in [0.25, 0.3) is 0 Å². The van der Waals surface area contributed by atoms with Crippen LogP contribution in [0.4, 0.5) is 68.2 Å². The third-order valence-electron chi connectivity index (χ3n) is 10.2. The predicted octanol–water partition coefficient (Wildman–Crippen LogP) is 15.6. The molecule has 278 valence electrons. The van der Waals surface area contributed by atoms with Gasteiger partial charge in [-0.05, 0) is 140 Å². The molecule has 0 unspecified atom stereocenters. The smallest absolute Gasteiger partial charge is 0.0482 e. The van der Waals surface area contributed by atoms with E-state index in [0.29, 0.717) is 0 Å². The fourth-order valence-electron chi connectivity index (χ4n) is 7.52. The summed E-state index contributed by atoms with van der Waals surface area (Å²) in [6.45, 7) is 0. The van der Waals surface area contributed by atoms with Crippen LogP contribution >= 0.6 is 0 Å². The molecular formula is C54H42N4. The number of nitrogens with zero attached hydrogens (tertiary/aromatic N) is 4. The van der Waals surface area contributed by atoms with Crippen LogP contribution in [0.3, 0.4) is 0 Å². The first-order chi connectivity index (χ1) is 28.8. The van der Waals surface area contributed by atoms with Gasteiger partial charge in [0.2, 0.25) is 0 Å². The molecular weight excluding hydrogens is 705 g/mol. The monoisotopic (exact) mass is 746 g/mol. The summed E-state index contributed by atoms with van der Waals surface area (Å²) < 4.78 is 0. The number of hydrogen-bond acceptors (Lipinski definition) is 4. The van der Waals surface area contributed by atoms with E-state index < -0.39 is 0 Å². The van der Waals surface area contributed by atoms with Crippen molar-refractivity contribution in [1.82, 2.24) is 0 Å². The Morgan fingerprint density at radius 2 is 0.293 bits per heavy atom. The van der Waals surface area contributed by atoms with Crippen LogP contribution in [0, 0.1) is 0 Å². The third-order valence-corrected chi connectivity index (χ3v) is 10.2. The molecule has 58 heavy (non-hydrogen) atoms. The van der Waals surface area contributed by atoms with Crippen molar-refractivity contribution in [2.45, 2.75) is 0 Å². The molecule has 9 aromatic rings.